The van der Waals surface area contributed by atoms with Crippen LogP contribution in [0.1, 0.15) is 24.8 Å². The molecule has 2 N–H and O–H groups in total. The van der Waals surface area contributed by atoms with Gasteiger partial charge in [-0.1, -0.05) is 12.1 Å². The van der Waals surface area contributed by atoms with Crippen LogP contribution in [0, 0.1) is 0 Å². The number of aliphatic hydroxyl groups is 1. The fourth-order valence-corrected chi connectivity index (χ4v) is 3.46. The Labute approximate surface area is 179 Å². The van der Waals surface area contributed by atoms with Gasteiger partial charge in [-0.15, -0.1) is 0 Å². The molecule has 1 aromatic rings. The maximum atomic E-state index is 12.6. The first-order chi connectivity index (χ1) is 14.6. The number of nitrogens with zero attached hydrogens (tertiary/aromatic N) is 1. The van der Waals surface area contributed by atoms with E-state index in [1.165, 1.54) is 0 Å². The third-order valence-corrected chi connectivity index (χ3v) is 5.35. The molecule has 8 nitrogen and oxygen atoms in total. The first-order valence-corrected chi connectivity index (χ1v) is 10.5. The molecule has 170 valence electrons. The van der Waals surface area contributed by atoms with Crippen molar-refractivity contribution in [2.24, 2.45) is 0 Å². The van der Waals surface area contributed by atoms with Crippen LogP contribution < -0.4 is 10.1 Å². The normalized spacial score (nSPS) is 21.6. The van der Waals surface area contributed by atoms with E-state index < -0.39 is 12.2 Å². The molecule has 1 aliphatic heterocycles. The summed E-state index contributed by atoms with van der Waals surface area (Å²) in [5, 5.41) is 13.2. The summed E-state index contributed by atoms with van der Waals surface area (Å²) in [4.78, 5) is 14.9. The number of amides is 1. The van der Waals surface area contributed by atoms with E-state index >= 15 is 0 Å². The van der Waals surface area contributed by atoms with Crippen LogP contribution in [-0.4, -0.2) is 88.4 Å². The number of carbonyl (C=O) groups is 1. The Hall–Kier alpha value is -1.71. The fourth-order valence-electron chi connectivity index (χ4n) is 3.46. The average molecular weight is 425 g/mol. The molecular weight excluding hydrogens is 388 g/mol. The molecule has 0 bridgehead atoms. The smallest absolute Gasteiger partial charge is 0.252 e. The second kappa shape index (κ2) is 13.6. The first-order valence-electron chi connectivity index (χ1n) is 10.5. The third-order valence-electron chi connectivity index (χ3n) is 5.35. The highest BCUT2D eigenvalue weighted by atomic mass is 16.5. The van der Waals surface area contributed by atoms with E-state index in [2.05, 4.69) is 10.2 Å². The molecule has 30 heavy (non-hydrogen) atoms. The molecule has 0 aliphatic carbocycles. The van der Waals surface area contributed by atoms with Crippen molar-refractivity contribution in [2.45, 2.75) is 44.1 Å². The van der Waals surface area contributed by atoms with Crippen LogP contribution in [0.4, 0.5) is 0 Å². The Kier molecular flexibility index (Phi) is 11.1. The van der Waals surface area contributed by atoms with Gasteiger partial charge < -0.3 is 29.4 Å². The maximum Gasteiger partial charge on any atom is 0.252 e. The van der Waals surface area contributed by atoms with Crippen molar-refractivity contribution in [3.05, 3.63) is 29.8 Å². The number of methoxy groups -OCH3 is 3. The van der Waals surface area contributed by atoms with Crippen LogP contribution >= 0.6 is 0 Å². The Bertz CT molecular complexity index is 604. The second-order valence-corrected chi connectivity index (χ2v) is 7.51. The lowest BCUT2D eigenvalue weighted by Gasteiger charge is -2.34. The molecular formula is C22H36N2O6. The van der Waals surface area contributed by atoms with E-state index in [0.29, 0.717) is 26.2 Å². The van der Waals surface area contributed by atoms with Crippen LogP contribution in [0.15, 0.2) is 24.3 Å². The van der Waals surface area contributed by atoms with Gasteiger partial charge >= 0.3 is 0 Å². The third kappa shape index (κ3) is 8.20. The highest BCUT2D eigenvalue weighted by Crippen LogP contribution is 2.22. The van der Waals surface area contributed by atoms with Gasteiger partial charge in [-0.3, -0.25) is 9.69 Å². The summed E-state index contributed by atoms with van der Waals surface area (Å²) in [6.45, 7) is 4.16. The van der Waals surface area contributed by atoms with Gasteiger partial charge in [0.1, 0.15) is 5.75 Å². The van der Waals surface area contributed by atoms with Crippen molar-refractivity contribution >= 4 is 5.91 Å². The van der Waals surface area contributed by atoms with Crippen LogP contribution in [0.2, 0.25) is 0 Å². The zero-order valence-electron chi connectivity index (χ0n) is 18.3. The summed E-state index contributed by atoms with van der Waals surface area (Å²) in [6, 6.07) is 7.49. The zero-order valence-corrected chi connectivity index (χ0v) is 18.3. The molecule has 3 unspecified atom stereocenters. The van der Waals surface area contributed by atoms with E-state index in [1.54, 1.807) is 21.3 Å². The molecule has 3 atom stereocenters. The van der Waals surface area contributed by atoms with E-state index in [0.717, 1.165) is 43.8 Å². The highest BCUT2D eigenvalue weighted by molar-refractivity contribution is 5.81. The second-order valence-electron chi connectivity index (χ2n) is 7.51. The molecule has 0 aromatic heterocycles. The number of carbonyl (C=O) groups excluding carboxylic acids is 1. The number of hydrogen-bond donors (Lipinski definition) is 2. The van der Waals surface area contributed by atoms with Gasteiger partial charge in [0.2, 0.25) is 0 Å². The maximum absolute atomic E-state index is 12.6. The van der Waals surface area contributed by atoms with Crippen molar-refractivity contribution in [1.29, 1.82) is 0 Å². The van der Waals surface area contributed by atoms with Gasteiger partial charge in [0.25, 0.3) is 5.91 Å². The number of hydrogen-bond acceptors (Lipinski definition) is 7. The predicted molar refractivity (Wildman–Crippen MR) is 114 cm³/mol. The predicted octanol–water partition coefficient (Wildman–Crippen LogP) is 1.20. The average Bonchev–Trinajstić information content (AvgIpc) is 2.78. The van der Waals surface area contributed by atoms with Crippen molar-refractivity contribution in [2.75, 3.05) is 54.2 Å². The zero-order chi connectivity index (χ0) is 21.8. The minimum Gasteiger partial charge on any atom is -0.497 e. The standard InChI is InChI=1S/C22H36N2O6/c1-27-14-12-24(13-15-28-2)11-10-19-8-9-20(25)21(30-19)22(26)23-16-17-4-6-18(29-3)7-5-17/h4-7,19-21,25H,8-16H2,1-3H3,(H,23,26). The molecule has 1 amide bonds. The van der Waals surface area contributed by atoms with Crippen LogP contribution in [0.25, 0.3) is 0 Å². The molecule has 1 aromatic carbocycles. The largest absolute Gasteiger partial charge is 0.497 e. The van der Waals surface area contributed by atoms with Gasteiger partial charge in [-0.05, 0) is 37.0 Å². The quantitative estimate of drug-likeness (QED) is 0.492. The number of ether oxygens (including phenoxy) is 4. The summed E-state index contributed by atoms with van der Waals surface area (Å²) < 4.78 is 21.5. The molecule has 2 rings (SSSR count). The summed E-state index contributed by atoms with van der Waals surface area (Å²) in [5.74, 6) is 0.489. The Balaban J connectivity index is 1.81. The molecule has 1 saturated heterocycles. The topological polar surface area (TPSA) is 89.5 Å². The van der Waals surface area contributed by atoms with Crippen molar-refractivity contribution in [3.8, 4) is 5.75 Å². The highest BCUT2D eigenvalue weighted by Gasteiger charge is 2.35. The molecule has 1 aliphatic rings. The van der Waals surface area contributed by atoms with Crippen molar-refractivity contribution in [1.82, 2.24) is 10.2 Å². The number of aliphatic hydroxyl groups excluding tert-OH is 1. The number of benzene rings is 1. The summed E-state index contributed by atoms with van der Waals surface area (Å²) in [5.41, 5.74) is 0.956. The van der Waals surface area contributed by atoms with Gasteiger partial charge in [0.05, 0.1) is 32.5 Å². The number of rotatable bonds is 13. The minimum absolute atomic E-state index is 0.0577. The first kappa shape index (κ1) is 24.6. The summed E-state index contributed by atoms with van der Waals surface area (Å²) in [7, 11) is 4.99. The molecule has 0 saturated carbocycles. The lowest BCUT2D eigenvalue weighted by Crippen LogP contribution is -2.49. The van der Waals surface area contributed by atoms with Crippen molar-refractivity contribution < 1.29 is 28.8 Å². The summed E-state index contributed by atoms with van der Waals surface area (Å²) >= 11 is 0. The molecule has 1 fully saturated rings. The lowest BCUT2D eigenvalue weighted by molar-refractivity contribution is -0.158. The van der Waals surface area contributed by atoms with Gasteiger partial charge in [0, 0.05) is 40.4 Å². The van der Waals surface area contributed by atoms with E-state index in [9.17, 15) is 9.90 Å². The Morgan fingerprint density at radius 1 is 1.10 bits per heavy atom. The monoisotopic (exact) mass is 424 g/mol. The Morgan fingerprint density at radius 2 is 1.77 bits per heavy atom. The van der Waals surface area contributed by atoms with Crippen LogP contribution in [-0.2, 0) is 25.5 Å². The molecule has 0 spiro atoms. The number of nitrogens with one attached hydrogen (secondary N) is 1. The van der Waals surface area contributed by atoms with Crippen LogP contribution in [0.5, 0.6) is 5.75 Å². The van der Waals surface area contributed by atoms with Crippen LogP contribution in [0.3, 0.4) is 0 Å². The Morgan fingerprint density at radius 3 is 2.37 bits per heavy atom. The molecule has 1 heterocycles. The van der Waals surface area contributed by atoms with Gasteiger partial charge in [-0.25, -0.2) is 0 Å². The fraction of sp³-hybridized carbons (Fsp3) is 0.682. The molecule has 8 heteroatoms. The van der Waals surface area contributed by atoms with E-state index in [1.807, 2.05) is 24.3 Å². The minimum atomic E-state index is -0.839. The SMILES string of the molecule is COCCN(CCOC)CCC1CCC(O)C(C(=O)NCc2ccc(OC)cc2)O1. The van der Waals surface area contributed by atoms with E-state index in [4.69, 9.17) is 18.9 Å². The van der Waals surface area contributed by atoms with E-state index in [-0.39, 0.29) is 12.0 Å². The van der Waals surface area contributed by atoms with Gasteiger partial charge in [0.15, 0.2) is 6.10 Å². The molecule has 0 radical (unpaired) electrons. The summed E-state index contributed by atoms with van der Waals surface area (Å²) in [6.07, 6.45) is 0.414. The van der Waals surface area contributed by atoms with Crippen molar-refractivity contribution in [3.63, 3.8) is 0 Å². The lowest BCUT2D eigenvalue weighted by atomic mass is 9.98. The van der Waals surface area contributed by atoms with Gasteiger partial charge in [-0.2, -0.15) is 0 Å².